The lowest BCUT2D eigenvalue weighted by Crippen LogP contribution is -2.07. The van der Waals surface area contributed by atoms with Crippen molar-refractivity contribution in [2.24, 2.45) is 11.5 Å². The highest BCUT2D eigenvalue weighted by atomic mass is 35.5. The van der Waals surface area contributed by atoms with Gasteiger partial charge in [-0.2, -0.15) is 0 Å². The lowest BCUT2D eigenvalue weighted by molar-refractivity contribution is 1.05. The summed E-state index contributed by atoms with van der Waals surface area (Å²) in [6.07, 6.45) is 3.98. The van der Waals surface area contributed by atoms with E-state index in [4.69, 9.17) is 23.1 Å². The summed E-state index contributed by atoms with van der Waals surface area (Å²) in [6, 6.07) is 7.70. The molecule has 0 radical (unpaired) electrons. The molecule has 0 fully saturated rings. The van der Waals surface area contributed by atoms with Crippen LogP contribution in [0.25, 0.3) is 0 Å². The molecule has 0 atom stereocenters. The van der Waals surface area contributed by atoms with Crippen molar-refractivity contribution in [2.45, 2.75) is 5.92 Å². The zero-order valence-electron chi connectivity index (χ0n) is 7.98. The van der Waals surface area contributed by atoms with Crippen molar-refractivity contribution in [2.75, 3.05) is 0 Å². The van der Waals surface area contributed by atoms with E-state index in [1.54, 1.807) is 0 Å². The molecule has 1 heterocycles. The highest BCUT2D eigenvalue weighted by molar-refractivity contribution is 8.06. The topological polar surface area (TPSA) is 52.0 Å². The molecule has 1 aromatic rings. The molecule has 0 saturated carbocycles. The van der Waals surface area contributed by atoms with Crippen molar-refractivity contribution >= 4 is 23.4 Å². The van der Waals surface area contributed by atoms with Crippen molar-refractivity contribution in [3.05, 3.63) is 57.1 Å². The lowest BCUT2D eigenvalue weighted by atomic mass is 9.99. The summed E-state index contributed by atoms with van der Waals surface area (Å²) in [7, 11) is 0. The predicted octanol–water partition coefficient (Wildman–Crippen LogP) is 2.77. The van der Waals surface area contributed by atoms with Gasteiger partial charge in [0.1, 0.15) is 0 Å². The minimum absolute atomic E-state index is 0.156. The Morgan fingerprint density at radius 1 is 1.00 bits per heavy atom. The summed E-state index contributed by atoms with van der Waals surface area (Å²) in [4.78, 5) is 0. The largest absolute Gasteiger partial charge is 0.393 e. The van der Waals surface area contributed by atoms with Crippen LogP contribution in [0.1, 0.15) is 11.5 Å². The predicted molar refractivity (Wildman–Crippen MR) is 66.3 cm³/mol. The number of hydrogen-bond acceptors (Lipinski definition) is 3. The fraction of sp³-hybridized carbons (Fsp3) is 0.0909. The van der Waals surface area contributed by atoms with Gasteiger partial charge in [0.2, 0.25) is 0 Å². The summed E-state index contributed by atoms with van der Waals surface area (Å²) in [5.41, 5.74) is 12.7. The summed E-state index contributed by atoms with van der Waals surface area (Å²) < 4.78 is 0. The molecule has 78 valence electrons. The Kier molecular flexibility index (Phi) is 2.93. The molecule has 0 spiro atoms. The van der Waals surface area contributed by atoms with Gasteiger partial charge in [-0.1, -0.05) is 35.5 Å². The first-order valence-corrected chi connectivity index (χ1v) is 5.72. The van der Waals surface area contributed by atoms with E-state index in [1.165, 1.54) is 11.8 Å². The Balaban J connectivity index is 2.31. The molecule has 0 saturated heterocycles. The van der Waals surface area contributed by atoms with Crippen LogP contribution in [0.5, 0.6) is 0 Å². The van der Waals surface area contributed by atoms with Crippen LogP contribution >= 0.6 is 23.4 Å². The highest BCUT2D eigenvalue weighted by Crippen LogP contribution is 2.32. The number of hydrogen-bond donors (Lipinski definition) is 2. The quantitative estimate of drug-likeness (QED) is 0.791. The summed E-state index contributed by atoms with van der Waals surface area (Å²) >= 11 is 7.22. The van der Waals surface area contributed by atoms with Gasteiger partial charge in [-0.05, 0) is 29.8 Å². The monoisotopic (exact) mass is 238 g/mol. The molecular weight excluding hydrogens is 228 g/mol. The van der Waals surface area contributed by atoms with E-state index in [0.717, 1.165) is 20.6 Å². The maximum Gasteiger partial charge on any atom is 0.0686 e. The summed E-state index contributed by atoms with van der Waals surface area (Å²) in [5, 5.41) is 2.22. The Labute approximate surface area is 98.0 Å². The smallest absolute Gasteiger partial charge is 0.0686 e. The van der Waals surface area contributed by atoms with Gasteiger partial charge in [-0.25, -0.2) is 0 Å². The second kappa shape index (κ2) is 4.21. The Hall–Kier alpha value is -1.06. The van der Waals surface area contributed by atoms with Crippen LogP contribution in [0, 0.1) is 0 Å². The second-order valence-electron chi connectivity index (χ2n) is 3.32. The van der Waals surface area contributed by atoms with E-state index < -0.39 is 0 Å². The first kappa shape index (κ1) is 10.5. The molecular formula is C11H11ClN2S. The normalized spacial score (nSPS) is 17.1. The van der Waals surface area contributed by atoms with Gasteiger partial charge in [0.05, 0.1) is 10.1 Å². The van der Waals surface area contributed by atoms with Gasteiger partial charge in [-0.3, -0.25) is 0 Å². The van der Waals surface area contributed by atoms with E-state index in [9.17, 15) is 0 Å². The van der Waals surface area contributed by atoms with Crippen molar-refractivity contribution in [1.29, 1.82) is 0 Å². The molecule has 0 bridgehead atoms. The van der Waals surface area contributed by atoms with Gasteiger partial charge in [-0.15, -0.1) is 0 Å². The van der Waals surface area contributed by atoms with Crippen molar-refractivity contribution in [3.63, 3.8) is 0 Å². The Bertz CT molecular complexity index is 405. The minimum atomic E-state index is 0.156. The zero-order valence-corrected chi connectivity index (χ0v) is 9.55. The molecule has 2 nitrogen and oxygen atoms in total. The molecule has 0 aliphatic carbocycles. The molecule has 1 aliphatic rings. The van der Waals surface area contributed by atoms with Gasteiger partial charge < -0.3 is 11.5 Å². The molecule has 15 heavy (non-hydrogen) atoms. The van der Waals surface area contributed by atoms with E-state index in [2.05, 4.69) is 0 Å². The maximum atomic E-state index is 5.82. The number of allylic oxidation sites excluding steroid dienone is 2. The molecule has 4 N–H and O–H groups in total. The molecule has 0 aromatic heterocycles. The average molecular weight is 239 g/mol. The third-order valence-electron chi connectivity index (χ3n) is 2.18. The van der Waals surface area contributed by atoms with Crippen molar-refractivity contribution in [3.8, 4) is 0 Å². The first-order chi connectivity index (χ1) is 7.15. The van der Waals surface area contributed by atoms with Gasteiger partial charge in [0.15, 0.2) is 0 Å². The van der Waals surface area contributed by atoms with Crippen LogP contribution in [0.4, 0.5) is 0 Å². The number of rotatable bonds is 1. The highest BCUT2D eigenvalue weighted by Gasteiger charge is 2.13. The summed E-state index contributed by atoms with van der Waals surface area (Å²) in [5.74, 6) is 0.156. The molecule has 0 amide bonds. The zero-order chi connectivity index (χ0) is 10.8. The maximum absolute atomic E-state index is 5.82. The third kappa shape index (κ3) is 2.49. The van der Waals surface area contributed by atoms with E-state index in [1.807, 2.05) is 36.4 Å². The van der Waals surface area contributed by atoms with Crippen LogP contribution in [0.2, 0.25) is 5.02 Å². The van der Waals surface area contributed by atoms with Gasteiger partial charge in [0, 0.05) is 10.9 Å². The summed E-state index contributed by atoms with van der Waals surface area (Å²) in [6.45, 7) is 0. The number of nitrogens with two attached hydrogens (primary N) is 2. The number of benzene rings is 1. The van der Waals surface area contributed by atoms with Gasteiger partial charge >= 0.3 is 0 Å². The number of halogens is 1. The minimum Gasteiger partial charge on any atom is -0.393 e. The van der Waals surface area contributed by atoms with Gasteiger partial charge in [0.25, 0.3) is 0 Å². The van der Waals surface area contributed by atoms with Crippen LogP contribution in [0.3, 0.4) is 0 Å². The Morgan fingerprint density at radius 2 is 1.53 bits per heavy atom. The lowest BCUT2D eigenvalue weighted by Gasteiger charge is -2.16. The molecule has 4 heteroatoms. The average Bonchev–Trinajstić information content (AvgIpc) is 2.17. The van der Waals surface area contributed by atoms with Crippen LogP contribution in [-0.4, -0.2) is 0 Å². The van der Waals surface area contributed by atoms with E-state index in [0.29, 0.717) is 0 Å². The van der Waals surface area contributed by atoms with E-state index >= 15 is 0 Å². The SMILES string of the molecule is NC1=CC(c2ccc(Cl)cc2)C=C(N)S1. The van der Waals surface area contributed by atoms with Crippen LogP contribution in [0.15, 0.2) is 46.5 Å². The number of thioether (sulfide) groups is 1. The fourth-order valence-electron chi connectivity index (χ4n) is 1.48. The van der Waals surface area contributed by atoms with E-state index in [-0.39, 0.29) is 5.92 Å². The van der Waals surface area contributed by atoms with Crippen LogP contribution in [-0.2, 0) is 0 Å². The fourth-order valence-corrected chi connectivity index (χ4v) is 2.31. The molecule has 1 aliphatic heterocycles. The second-order valence-corrected chi connectivity index (χ2v) is 4.90. The Morgan fingerprint density at radius 3 is 2.07 bits per heavy atom. The first-order valence-electron chi connectivity index (χ1n) is 4.53. The molecule has 2 rings (SSSR count). The third-order valence-corrected chi connectivity index (χ3v) is 3.17. The van der Waals surface area contributed by atoms with Crippen LogP contribution < -0.4 is 11.5 Å². The standard InChI is InChI=1S/C11H11ClN2S/c12-9-3-1-7(2-4-9)8-5-10(13)15-11(14)6-8/h1-6,8H,13-14H2. The molecule has 1 aromatic carbocycles. The molecule has 0 unspecified atom stereocenters. The van der Waals surface area contributed by atoms with Crippen molar-refractivity contribution in [1.82, 2.24) is 0 Å². The van der Waals surface area contributed by atoms with Crippen molar-refractivity contribution < 1.29 is 0 Å².